The molecule has 8 heteroatoms. The molecule has 0 radical (unpaired) electrons. The van der Waals surface area contributed by atoms with Gasteiger partial charge in [-0.2, -0.15) is 0 Å². The molecule has 0 aliphatic carbocycles. The smallest absolute Gasteiger partial charge is 0.268 e. The summed E-state index contributed by atoms with van der Waals surface area (Å²) in [5.74, 6) is -1.15. The number of amides is 3. The molecule has 3 atom stereocenters. The molecule has 0 saturated carbocycles. The van der Waals surface area contributed by atoms with Crippen LogP contribution in [0.4, 0.5) is 17.1 Å². The van der Waals surface area contributed by atoms with Gasteiger partial charge < -0.3 is 20.0 Å². The molecule has 2 aromatic carbocycles. The number of rotatable bonds is 7. The third-order valence-corrected chi connectivity index (χ3v) is 8.09. The van der Waals surface area contributed by atoms with E-state index in [1.807, 2.05) is 36.4 Å². The summed E-state index contributed by atoms with van der Waals surface area (Å²) in [5.41, 5.74) is 0.472. The van der Waals surface area contributed by atoms with Crippen LogP contribution < -0.4 is 9.80 Å². The van der Waals surface area contributed by atoms with E-state index in [1.165, 1.54) is 4.90 Å². The van der Waals surface area contributed by atoms with E-state index in [4.69, 9.17) is 0 Å². The summed E-state index contributed by atoms with van der Waals surface area (Å²) in [5, 5.41) is 21.6. The van der Waals surface area contributed by atoms with E-state index in [2.05, 4.69) is 0 Å². The molecule has 2 fully saturated rings. The Balaban J connectivity index is 1.46. The lowest BCUT2D eigenvalue weighted by Crippen LogP contribution is -2.43. The Hall–Kier alpha value is -3.49. The number of hydrogen-bond donors (Lipinski definition) is 2. The predicted octanol–water partition coefficient (Wildman–Crippen LogP) is 3.64. The standard InChI is InChI=1S/C30H35N3O5/c1-21(9-7-14-28(36)32-18-8-12-24(32)20-34)30(38)25-19-23(31-17-6-5-13-27(31)35)15-16-26(25)33(29(30)37)22-10-3-2-4-11-22/h2-4,7,9-11,15-16,19,21,24,34,38H,5-6,8,12-14,17-18,20H2,1H3/b9-7+/t21-,24-,30+/m0/s1. The predicted molar refractivity (Wildman–Crippen MR) is 145 cm³/mol. The topological polar surface area (TPSA) is 101 Å². The fourth-order valence-corrected chi connectivity index (χ4v) is 5.92. The number of carbonyl (C=O) groups is 3. The van der Waals surface area contributed by atoms with E-state index in [0.29, 0.717) is 42.1 Å². The molecule has 0 unspecified atom stereocenters. The van der Waals surface area contributed by atoms with Gasteiger partial charge in [-0.25, -0.2) is 0 Å². The fourth-order valence-electron chi connectivity index (χ4n) is 5.92. The van der Waals surface area contributed by atoms with E-state index < -0.39 is 17.4 Å². The zero-order valence-electron chi connectivity index (χ0n) is 21.8. The maximum Gasteiger partial charge on any atom is 0.268 e. The van der Waals surface area contributed by atoms with Gasteiger partial charge in [0.25, 0.3) is 5.91 Å². The molecule has 38 heavy (non-hydrogen) atoms. The zero-order valence-corrected chi connectivity index (χ0v) is 21.8. The van der Waals surface area contributed by atoms with Crippen molar-refractivity contribution < 1.29 is 24.6 Å². The third kappa shape index (κ3) is 4.52. The van der Waals surface area contributed by atoms with Crippen LogP contribution in [0.3, 0.4) is 0 Å². The first-order valence-corrected chi connectivity index (χ1v) is 13.5. The van der Waals surface area contributed by atoms with Crippen molar-refractivity contribution in [1.82, 2.24) is 4.90 Å². The highest BCUT2D eigenvalue weighted by Crippen LogP contribution is 2.49. The Morgan fingerprint density at radius 3 is 2.61 bits per heavy atom. The largest absolute Gasteiger partial charge is 0.394 e. The van der Waals surface area contributed by atoms with Crippen LogP contribution in [0.25, 0.3) is 0 Å². The van der Waals surface area contributed by atoms with E-state index in [1.54, 1.807) is 41.0 Å². The Morgan fingerprint density at radius 2 is 1.87 bits per heavy atom. The average Bonchev–Trinajstić information content (AvgIpc) is 3.50. The van der Waals surface area contributed by atoms with E-state index in [-0.39, 0.29) is 30.9 Å². The van der Waals surface area contributed by atoms with Crippen LogP contribution in [-0.4, -0.2) is 58.6 Å². The third-order valence-electron chi connectivity index (χ3n) is 8.09. The first-order chi connectivity index (χ1) is 18.4. The number of benzene rings is 2. The molecule has 3 aliphatic rings. The molecule has 8 nitrogen and oxygen atoms in total. The molecule has 0 aromatic heterocycles. The summed E-state index contributed by atoms with van der Waals surface area (Å²) in [6, 6.07) is 14.5. The highest BCUT2D eigenvalue weighted by Gasteiger charge is 2.53. The van der Waals surface area contributed by atoms with Gasteiger partial charge in [-0.1, -0.05) is 37.3 Å². The summed E-state index contributed by atoms with van der Waals surface area (Å²) in [6.07, 6.45) is 7.47. The van der Waals surface area contributed by atoms with Gasteiger partial charge in [0.05, 0.1) is 18.3 Å². The Bertz CT molecular complexity index is 1250. The van der Waals surface area contributed by atoms with Crippen LogP contribution in [0, 0.1) is 5.92 Å². The van der Waals surface area contributed by atoms with Crippen molar-refractivity contribution >= 4 is 34.8 Å². The van der Waals surface area contributed by atoms with Gasteiger partial charge in [0.2, 0.25) is 11.8 Å². The highest BCUT2D eigenvalue weighted by atomic mass is 16.3. The number of anilines is 3. The minimum Gasteiger partial charge on any atom is -0.394 e. The Morgan fingerprint density at radius 1 is 1.08 bits per heavy atom. The van der Waals surface area contributed by atoms with Crippen molar-refractivity contribution in [3.63, 3.8) is 0 Å². The van der Waals surface area contributed by atoms with E-state index in [0.717, 1.165) is 25.7 Å². The molecule has 5 rings (SSSR count). The fraction of sp³-hybridized carbons (Fsp3) is 0.433. The van der Waals surface area contributed by atoms with Gasteiger partial charge in [-0.3, -0.25) is 19.3 Å². The molecule has 3 heterocycles. The van der Waals surface area contributed by atoms with E-state index in [9.17, 15) is 24.6 Å². The van der Waals surface area contributed by atoms with Crippen LogP contribution in [0.2, 0.25) is 0 Å². The zero-order chi connectivity index (χ0) is 26.9. The second kappa shape index (κ2) is 10.7. The Labute approximate surface area is 223 Å². The van der Waals surface area contributed by atoms with Gasteiger partial charge in [-0.05, 0) is 56.0 Å². The number of para-hydroxylation sites is 1. The SMILES string of the molecule is C[C@@H](/C=C/CC(=O)N1CCC[C@H]1CO)[C@]1(O)C(=O)N(c2ccccc2)c2ccc(N3CCCCC3=O)cc21. The summed E-state index contributed by atoms with van der Waals surface area (Å²) < 4.78 is 0. The number of nitrogens with zero attached hydrogens (tertiary/aromatic N) is 3. The van der Waals surface area contributed by atoms with Gasteiger partial charge in [-0.15, -0.1) is 0 Å². The number of aliphatic hydroxyl groups is 2. The van der Waals surface area contributed by atoms with Crippen molar-refractivity contribution in [1.29, 1.82) is 0 Å². The van der Waals surface area contributed by atoms with Crippen LogP contribution in [-0.2, 0) is 20.0 Å². The highest BCUT2D eigenvalue weighted by molar-refractivity contribution is 6.12. The maximum atomic E-state index is 13.9. The van der Waals surface area contributed by atoms with Crippen LogP contribution in [0.5, 0.6) is 0 Å². The summed E-state index contributed by atoms with van der Waals surface area (Å²) in [4.78, 5) is 44.2. The average molecular weight is 518 g/mol. The first-order valence-electron chi connectivity index (χ1n) is 13.5. The minimum absolute atomic E-state index is 0.0403. The van der Waals surface area contributed by atoms with Crippen molar-refractivity contribution in [2.24, 2.45) is 5.92 Å². The summed E-state index contributed by atoms with van der Waals surface area (Å²) in [7, 11) is 0. The number of carbonyl (C=O) groups excluding carboxylic acids is 3. The molecule has 0 spiro atoms. The van der Waals surface area contributed by atoms with Crippen molar-refractivity contribution in [3.8, 4) is 0 Å². The molecule has 2 saturated heterocycles. The molecule has 3 aliphatic heterocycles. The quantitative estimate of drug-likeness (QED) is 0.546. The summed E-state index contributed by atoms with van der Waals surface area (Å²) >= 11 is 0. The maximum absolute atomic E-state index is 13.9. The molecule has 0 bridgehead atoms. The van der Waals surface area contributed by atoms with Gasteiger partial charge in [0.15, 0.2) is 5.60 Å². The first kappa shape index (κ1) is 26.1. The monoisotopic (exact) mass is 517 g/mol. The Kier molecular flexibility index (Phi) is 7.36. The number of aliphatic hydroxyl groups excluding tert-OH is 1. The normalized spacial score (nSPS) is 24.4. The van der Waals surface area contributed by atoms with E-state index >= 15 is 0 Å². The number of piperidine rings is 1. The minimum atomic E-state index is -1.87. The van der Waals surface area contributed by atoms with Crippen LogP contribution in [0.1, 0.15) is 51.0 Å². The second-order valence-electron chi connectivity index (χ2n) is 10.4. The van der Waals surface area contributed by atoms with Crippen molar-refractivity contribution in [2.75, 3.05) is 29.5 Å². The van der Waals surface area contributed by atoms with Gasteiger partial charge >= 0.3 is 0 Å². The number of fused-ring (bicyclic) bond motifs is 1. The second-order valence-corrected chi connectivity index (χ2v) is 10.4. The van der Waals surface area contributed by atoms with Gasteiger partial charge in [0, 0.05) is 48.8 Å². The molecule has 3 amide bonds. The molecule has 2 N–H and O–H groups in total. The van der Waals surface area contributed by atoms with Crippen molar-refractivity contribution in [2.45, 2.75) is 57.1 Å². The molecule has 2 aromatic rings. The van der Waals surface area contributed by atoms with Crippen molar-refractivity contribution in [3.05, 3.63) is 66.2 Å². The van der Waals surface area contributed by atoms with Gasteiger partial charge in [0.1, 0.15) is 0 Å². The number of hydrogen-bond acceptors (Lipinski definition) is 5. The molecular formula is C30H35N3O5. The lowest BCUT2D eigenvalue weighted by Gasteiger charge is -2.30. The van der Waals surface area contributed by atoms with Crippen LogP contribution in [0.15, 0.2) is 60.7 Å². The summed E-state index contributed by atoms with van der Waals surface area (Å²) in [6.45, 7) is 2.96. The molecular weight excluding hydrogens is 482 g/mol. The van der Waals surface area contributed by atoms with Crippen LogP contribution >= 0.6 is 0 Å². The molecule has 200 valence electrons. The lowest BCUT2D eigenvalue weighted by molar-refractivity contribution is -0.138. The number of likely N-dealkylation sites (tertiary alicyclic amines) is 1. The lowest BCUT2D eigenvalue weighted by atomic mass is 9.82.